The Labute approximate surface area is 92.9 Å². The Hall–Kier alpha value is -1.30. The van der Waals surface area contributed by atoms with Gasteiger partial charge < -0.3 is 0 Å². The van der Waals surface area contributed by atoms with Crippen LogP contribution in [0.3, 0.4) is 0 Å². The first-order chi connectivity index (χ1) is 7.24. The van der Waals surface area contributed by atoms with Gasteiger partial charge >= 0.3 is 0 Å². The molecule has 80 valence electrons. The smallest absolute Gasteiger partial charge is 0.0184 e. The zero-order valence-electron chi connectivity index (χ0n) is 9.90. The van der Waals surface area contributed by atoms with Crippen molar-refractivity contribution in [1.82, 2.24) is 0 Å². The molecule has 0 unspecified atom stereocenters. The molecular formula is C15H20. The Balaban J connectivity index is 0.000000195. The minimum atomic E-state index is 0.884. The lowest BCUT2D eigenvalue weighted by Gasteiger charge is -1.92. The molecule has 0 atom stereocenters. The van der Waals surface area contributed by atoms with Gasteiger partial charge in [-0.3, -0.25) is 0 Å². The van der Waals surface area contributed by atoms with Crippen LogP contribution < -0.4 is 0 Å². The summed E-state index contributed by atoms with van der Waals surface area (Å²) in [6.45, 7) is 6.64. The highest BCUT2D eigenvalue weighted by Gasteiger charge is 1.85. The lowest BCUT2D eigenvalue weighted by Crippen LogP contribution is -1.77. The van der Waals surface area contributed by atoms with Crippen molar-refractivity contribution in [3.8, 4) is 0 Å². The largest absolute Gasteiger partial charge is 0.0651 e. The second-order valence-corrected chi connectivity index (χ2v) is 4.15. The summed E-state index contributed by atoms with van der Waals surface area (Å²) in [5, 5.41) is 2.62. The predicted octanol–water partition coefficient (Wildman–Crippen LogP) is 4.89. The van der Waals surface area contributed by atoms with E-state index >= 15 is 0 Å². The summed E-state index contributed by atoms with van der Waals surface area (Å²) in [4.78, 5) is 0. The molecule has 0 heterocycles. The van der Waals surface area contributed by atoms with E-state index in [-0.39, 0.29) is 0 Å². The van der Waals surface area contributed by atoms with Crippen LogP contribution in [0.4, 0.5) is 0 Å². The van der Waals surface area contributed by atoms with E-state index in [0.29, 0.717) is 0 Å². The summed E-state index contributed by atoms with van der Waals surface area (Å²) in [5.41, 5.74) is 0. The number of hydrogen-bond acceptors (Lipinski definition) is 0. The standard InChI is InChI=1S/C10H8.C5H12/c1-2-6-10-8-4-3-7-9(10)5-1;1-4-5(2)3/h1-8H;5H,4H2,1-3H3. The fraction of sp³-hybridized carbons (Fsp3) is 0.333. The van der Waals surface area contributed by atoms with E-state index in [2.05, 4.69) is 69.3 Å². The molecule has 0 amide bonds. The molecule has 15 heavy (non-hydrogen) atoms. The van der Waals surface area contributed by atoms with Crippen LogP contribution in [-0.2, 0) is 0 Å². The van der Waals surface area contributed by atoms with Gasteiger partial charge in [0.15, 0.2) is 0 Å². The van der Waals surface area contributed by atoms with Gasteiger partial charge in [-0.05, 0) is 16.7 Å². The van der Waals surface area contributed by atoms with Gasteiger partial charge in [0, 0.05) is 0 Å². The zero-order chi connectivity index (χ0) is 11.1. The predicted molar refractivity (Wildman–Crippen MR) is 69.1 cm³/mol. The third-order valence-electron chi connectivity index (χ3n) is 2.48. The Morgan fingerprint density at radius 1 is 0.800 bits per heavy atom. The van der Waals surface area contributed by atoms with Crippen LogP contribution in [0.1, 0.15) is 27.2 Å². The van der Waals surface area contributed by atoms with Crippen LogP contribution in [0.5, 0.6) is 0 Å². The maximum absolute atomic E-state index is 2.22. The van der Waals surface area contributed by atoms with Gasteiger partial charge in [-0.15, -0.1) is 0 Å². The average molecular weight is 200 g/mol. The SMILES string of the molecule is CCC(C)C.c1ccc2ccccc2c1. The van der Waals surface area contributed by atoms with Gasteiger partial charge in [-0.2, -0.15) is 0 Å². The summed E-state index contributed by atoms with van der Waals surface area (Å²) < 4.78 is 0. The third-order valence-corrected chi connectivity index (χ3v) is 2.48. The number of rotatable bonds is 1. The zero-order valence-corrected chi connectivity index (χ0v) is 9.90. The molecule has 0 saturated heterocycles. The van der Waals surface area contributed by atoms with Crippen molar-refractivity contribution in [1.29, 1.82) is 0 Å². The lowest BCUT2D eigenvalue weighted by molar-refractivity contribution is 0.626. The molecule has 0 aromatic heterocycles. The highest BCUT2D eigenvalue weighted by Crippen LogP contribution is 2.11. The second kappa shape index (κ2) is 6.23. The van der Waals surface area contributed by atoms with Gasteiger partial charge in [-0.1, -0.05) is 75.7 Å². The fourth-order valence-electron chi connectivity index (χ4n) is 1.13. The number of hydrogen-bond donors (Lipinski definition) is 0. The number of benzene rings is 2. The van der Waals surface area contributed by atoms with Crippen LogP contribution >= 0.6 is 0 Å². The molecule has 0 heteroatoms. The molecule has 0 aliphatic rings. The van der Waals surface area contributed by atoms with Crippen molar-refractivity contribution < 1.29 is 0 Å². The van der Waals surface area contributed by atoms with Crippen LogP contribution in [0, 0.1) is 5.92 Å². The first-order valence-corrected chi connectivity index (χ1v) is 5.67. The summed E-state index contributed by atoms with van der Waals surface area (Å²) in [5.74, 6) is 0.884. The van der Waals surface area contributed by atoms with Gasteiger partial charge in [0.25, 0.3) is 0 Å². The maximum atomic E-state index is 2.22. The first-order valence-electron chi connectivity index (χ1n) is 5.67. The normalized spacial score (nSPS) is 9.87. The highest BCUT2D eigenvalue weighted by atomic mass is 13.9. The molecular weight excluding hydrogens is 180 g/mol. The maximum Gasteiger partial charge on any atom is -0.0184 e. The molecule has 2 rings (SSSR count). The van der Waals surface area contributed by atoms with Gasteiger partial charge in [-0.25, -0.2) is 0 Å². The molecule has 0 N–H and O–H groups in total. The van der Waals surface area contributed by atoms with Crippen molar-refractivity contribution in [3.63, 3.8) is 0 Å². The fourth-order valence-corrected chi connectivity index (χ4v) is 1.13. The van der Waals surface area contributed by atoms with E-state index in [1.54, 1.807) is 0 Å². The molecule has 2 aromatic rings. The molecule has 0 bridgehead atoms. The van der Waals surface area contributed by atoms with Gasteiger partial charge in [0.05, 0.1) is 0 Å². The quantitative estimate of drug-likeness (QED) is 0.614. The average Bonchev–Trinajstić information content (AvgIpc) is 2.30. The Bertz CT molecular complexity index is 322. The van der Waals surface area contributed by atoms with Crippen LogP contribution in [0.25, 0.3) is 10.8 Å². The van der Waals surface area contributed by atoms with E-state index in [1.165, 1.54) is 17.2 Å². The summed E-state index contributed by atoms with van der Waals surface area (Å²) in [6.07, 6.45) is 1.31. The molecule has 0 saturated carbocycles. The Morgan fingerprint density at radius 3 is 1.27 bits per heavy atom. The summed E-state index contributed by atoms with van der Waals surface area (Å²) >= 11 is 0. The second-order valence-electron chi connectivity index (χ2n) is 4.15. The third kappa shape index (κ3) is 4.16. The highest BCUT2D eigenvalue weighted by molar-refractivity contribution is 5.81. The minimum absolute atomic E-state index is 0.884. The van der Waals surface area contributed by atoms with E-state index < -0.39 is 0 Å². The van der Waals surface area contributed by atoms with Gasteiger partial charge in [0.2, 0.25) is 0 Å². The van der Waals surface area contributed by atoms with Crippen molar-refractivity contribution in [3.05, 3.63) is 48.5 Å². The molecule has 0 aliphatic heterocycles. The van der Waals surface area contributed by atoms with Crippen molar-refractivity contribution >= 4 is 10.8 Å². The van der Waals surface area contributed by atoms with Crippen LogP contribution in [0.2, 0.25) is 0 Å². The van der Waals surface area contributed by atoms with Crippen molar-refractivity contribution in [2.45, 2.75) is 27.2 Å². The van der Waals surface area contributed by atoms with Crippen LogP contribution in [-0.4, -0.2) is 0 Å². The summed E-state index contributed by atoms with van der Waals surface area (Å²) in [6, 6.07) is 16.7. The molecule has 2 aromatic carbocycles. The number of fused-ring (bicyclic) bond motifs is 1. The van der Waals surface area contributed by atoms with Crippen molar-refractivity contribution in [2.24, 2.45) is 5.92 Å². The van der Waals surface area contributed by atoms with Crippen molar-refractivity contribution in [2.75, 3.05) is 0 Å². The Kier molecular flexibility index (Phi) is 4.89. The van der Waals surface area contributed by atoms with Crippen LogP contribution in [0.15, 0.2) is 48.5 Å². The van der Waals surface area contributed by atoms with E-state index in [9.17, 15) is 0 Å². The van der Waals surface area contributed by atoms with E-state index in [0.717, 1.165) is 5.92 Å². The topological polar surface area (TPSA) is 0 Å². The monoisotopic (exact) mass is 200 g/mol. The minimum Gasteiger partial charge on any atom is -0.0651 e. The summed E-state index contributed by atoms with van der Waals surface area (Å²) in [7, 11) is 0. The molecule has 0 radical (unpaired) electrons. The molecule has 0 fully saturated rings. The Morgan fingerprint density at radius 2 is 1.07 bits per heavy atom. The molecule has 0 aliphatic carbocycles. The van der Waals surface area contributed by atoms with Gasteiger partial charge in [0.1, 0.15) is 0 Å². The van der Waals surface area contributed by atoms with E-state index in [1.807, 2.05) is 0 Å². The lowest BCUT2D eigenvalue weighted by atomic mass is 10.1. The first kappa shape index (κ1) is 11.8. The molecule has 0 nitrogen and oxygen atoms in total. The van der Waals surface area contributed by atoms with E-state index in [4.69, 9.17) is 0 Å². The molecule has 0 spiro atoms.